The average molecular weight is 417 g/mol. The van der Waals surface area contributed by atoms with Crippen LogP contribution < -0.4 is 20.7 Å². The van der Waals surface area contributed by atoms with Crippen molar-refractivity contribution in [2.24, 2.45) is 5.73 Å². The summed E-state index contributed by atoms with van der Waals surface area (Å²) in [6.07, 6.45) is 0. The number of amides is 2. The summed E-state index contributed by atoms with van der Waals surface area (Å²) in [6.45, 7) is 3.90. The van der Waals surface area contributed by atoms with E-state index < -0.39 is 5.91 Å². The van der Waals surface area contributed by atoms with Crippen molar-refractivity contribution in [3.05, 3.63) is 58.6 Å². The van der Waals surface area contributed by atoms with Crippen LogP contribution in [0.3, 0.4) is 0 Å². The Labute approximate surface area is 175 Å². The highest BCUT2D eigenvalue weighted by molar-refractivity contribution is 6.30. The van der Waals surface area contributed by atoms with Crippen LogP contribution in [0.15, 0.2) is 42.5 Å². The van der Waals surface area contributed by atoms with Crippen LogP contribution in [-0.2, 0) is 11.3 Å². The van der Waals surface area contributed by atoms with Crippen LogP contribution in [0, 0.1) is 0 Å². The monoisotopic (exact) mass is 416 g/mol. The third-order valence-electron chi connectivity index (χ3n) is 4.97. The number of anilines is 1. The molecule has 2 aromatic carbocycles. The van der Waals surface area contributed by atoms with Crippen molar-refractivity contribution in [3.8, 4) is 5.75 Å². The number of nitrogens with one attached hydrogen (secondary N) is 1. The van der Waals surface area contributed by atoms with E-state index >= 15 is 0 Å². The van der Waals surface area contributed by atoms with Gasteiger partial charge in [0.1, 0.15) is 5.75 Å². The van der Waals surface area contributed by atoms with E-state index in [1.165, 1.54) is 0 Å². The zero-order valence-corrected chi connectivity index (χ0v) is 17.1. The molecule has 0 unspecified atom stereocenters. The predicted molar refractivity (Wildman–Crippen MR) is 113 cm³/mol. The van der Waals surface area contributed by atoms with E-state index in [0.29, 0.717) is 29.4 Å². The summed E-state index contributed by atoms with van der Waals surface area (Å²) in [5, 5.41) is 3.54. The number of halogens is 1. The van der Waals surface area contributed by atoms with Crippen molar-refractivity contribution in [1.29, 1.82) is 0 Å². The molecule has 0 bridgehead atoms. The van der Waals surface area contributed by atoms with Crippen LogP contribution in [0.1, 0.15) is 15.9 Å². The van der Waals surface area contributed by atoms with Gasteiger partial charge in [-0.1, -0.05) is 11.6 Å². The number of benzene rings is 2. The fourth-order valence-electron chi connectivity index (χ4n) is 3.34. The molecule has 0 radical (unpaired) electrons. The predicted octanol–water partition coefficient (Wildman–Crippen LogP) is 1.89. The van der Waals surface area contributed by atoms with E-state index in [9.17, 15) is 9.59 Å². The Kier molecular flexibility index (Phi) is 6.95. The quantitative estimate of drug-likeness (QED) is 0.719. The largest absolute Gasteiger partial charge is 0.496 e. The number of hydrogen-bond acceptors (Lipinski definition) is 5. The summed E-state index contributed by atoms with van der Waals surface area (Å²) in [6, 6.07) is 12.6. The first-order valence-electron chi connectivity index (χ1n) is 9.42. The van der Waals surface area contributed by atoms with Crippen LogP contribution in [0.2, 0.25) is 5.02 Å². The Morgan fingerprint density at radius 2 is 1.79 bits per heavy atom. The van der Waals surface area contributed by atoms with Crippen molar-refractivity contribution < 1.29 is 14.3 Å². The minimum absolute atomic E-state index is 0.0358. The van der Waals surface area contributed by atoms with Crippen molar-refractivity contribution in [2.45, 2.75) is 6.54 Å². The molecule has 1 fully saturated rings. The standard InChI is InChI=1S/C21H25ClN4O3/c1-29-19-7-4-17(22)12-16(19)13-24-20(27)14-25-8-10-26(11-9-25)18-5-2-15(3-6-18)21(23)28/h2-7,12H,8-11,13-14H2,1H3,(H2,23,28)(H,24,27). The summed E-state index contributed by atoms with van der Waals surface area (Å²) in [7, 11) is 1.59. The lowest BCUT2D eigenvalue weighted by Crippen LogP contribution is -2.49. The molecule has 1 aliphatic rings. The number of nitrogens with two attached hydrogens (primary N) is 1. The van der Waals surface area contributed by atoms with Crippen LogP contribution in [0.4, 0.5) is 5.69 Å². The lowest BCUT2D eigenvalue weighted by atomic mass is 10.1. The first-order valence-corrected chi connectivity index (χ1v) is 9.80. The fourth-order valence-corrected chi connectivity index (χ4v) is 3.53. The molecule has 2 aromatic rings. The summed E-state index contributed by atoms with van der Waals surface area (Å²) in [5.41, 5.74) is 7.68. The number of ether oxygens (including phenoxy) is 1. The maximum absolute atomic E-state index is 12.3. The SMILES string of the molecule is COc1ccc(Cl)cc1CNC(=O)CN1CCN(c2ccc(C(N)=O)cc2)CC1. The summed E-state index contributed by atoms with van der Waals surface area (Å²) >= 11 is 6.03. The van der Waals surface area contributed by atoms with Gasteiger partial charge in [0, 0.05) is 54.6 Å². The number of carbonyl (C=O) groups is 2. The topological polar surface area (TPSA) is 87.9 Å². The van der Waals surface area contributed by atoms with Gasteiger partial charge in [-0.2, -0.15) is 0 Å². The van der Waals surface area contributed by atoms with Crippen molar-refractivity contribution in [3.63, 3.8) is 0 Å². The van der Waals surface area contributed by atoms with Crippen LogP contribution in [0.25, 0.3) is 0 Å². The molecule has 8 heteroatoms. The Morgan fingerprint density at radius 1 is 1.10 bits per heavy atom. The highest BCUT2D eigenvalue weighted by atomic mass is 35.5. The van der Waals surface area contributed by atoms with Gasteiger partial charge in [0.25, 0.3) is 0 Å². The molecule has 29 heavy (non-hydrogen) atoms. The van der Waals surface area contributed by atoms with E-state index in [-0.39, 0.29) is 5.91 Å². The number of carbonyl (C=O) groups excluding carboxylic acids is 2. The lowest BCUT2D eigenvalue weighted by molar-refractivity contribution is -0.122. The summed E-state index contributed by atoms with van der Waals surface area (Å²) in [4.78, 5) is 27.9. The molecule has 154 valence electrons. The van der Waals surface area contributed by atoms with Gasteiger partial charge in [0.2, 0.25) is 11.8 Å². The third-order valence-corrected chi connectivity index (χ3v) is 5.21. The molecule has 1 heterocycles. The van der Waals surface area contributed by atoms with Crippen molar-refractivity contribution >= 4 is 29.1 Å². The highest BCUT2D eigenvalue weighted by Crippen LogP contribution is 2.22. The minimum atomic E-state index is -0.428. The van der Waals surface area contributed by atoms with Gasteiger partial charge in [-0.3, -0.25) is 14.5 Å². The molecular weight excluding hydrogens is 392 g/mol. The highest BCUT2D eigenvalue weighted by Gasteiger charge is 2.19. The third kappa shape index (κ3) is 5.62. The molecule has 7 nitrogen and oxygen atoms in total. The smallest absolute Gasteiger partial charge is 0.248 e. The molecule has 1 saturated heterocycles. The Hall–Kier alpha value is -2.77. The Balaban J connectivity index is 1.46. The van der Waals surface area contributed by atoms with E-state index in [1.807, 2.05) is 12.1 Å². The number of primary amides is 1. The fraction of sp³-hybridized carbons (Fsp3) is 0.333. The second-order valence-electron chi connectivity index (χ2n) is 6.91. The molecule has 3 rings (SSSR count). The summed E-state index contributed by atoms with van der Waals surface area (Å²) < 4.78 is 5.31. The van der Waals surface area contributed by atoms with E-state index in [0.717, 1.165) is 37.4 Å². The molecule has 0 saturated carbocycles. The molecular formula is C21H25ClN4O3. The van der Waals surface area contributed by atoms with Gasteiger partial charge in [0.05, 0.1) is 13.7 Å². The minimum Gasteiger partial charge on any atom is -0.496 e. The zero-order chi connectivity index (χ0) is 20.8. The van der Waals surface area contributed by atoms with Gasteiger partial charge >= 0.3 is 0 Å². The van der Waals surface area contributed by atoms with Crippen LogP contribution >= 0.6 is 11.6 Å². The maximum Gasteiger partial charge on any atom is 0.248 e. The second kappa shape index (κ2) is 9.62. The summed E-state index contributed by atoms with van der Waals surface area (Å²) in [5.74, 6) is 0.236. The van der Waals surface area contributed by atoms with E-state index in [2.05, 4.69) is 15.1 Å². The van der Waals surface area contributed by atoms with Crippen molar-refractivity contribution in [2.75, 3.05) is 44.7 Å². The van der Waals surface area contributed by atoms with Crippen LogP contribution in [-0.4, -0.2) is 56.5 Å². The second-order valence-corrected chi connectivity index (χ2v) is 7.34. The first kappa shape index (κ1) is 21.0. The molecule has 2 amide bonds. The first-order chi connectivity index (χ1) is 14.0. The van der Waals surface area contributed by atoms with E-state index in [4.69, 9.17) is 22.1 Å². The van der Waals surface area contributed by atoms with E-state index in [1.54, 1.807) is 37.4 Å². The van der Waals surface area contributed by atoms with Crippen molar-refractivity contribution in [1.82, 2.24) is 10.2 Å². The lowest BCUT2D eigenvalue weighted by Gasteiger charge is -2.35. The molecule has 0 aliphatic carbocycles. The number of piperazine rings is 1. The Bertz CT molecular complexity index is 865. The zero-order valence-electron chi connectivity index (χ0n) is 16.4. The number of nitrogens with zero attached hydrogens (tertiary/aromatic N) is 2. The molecule has 0 aromatic heterocycles. The average Bonchev–Trinajstić information content (AvgIpc) is 2.73. The van der Waals surface area contributed by atoms with Gasteiger partial charge in [-0.25, -0.2) is 0 Å². The number of rotatable bonds is 7. The molecule has 0 spiro atoms. The molecule has 0 atom stereocenters. The number of hydrogen-bond donors (Lipinski definition) is 2. The van der Waals surface area contributed by atoms with Crippen LogP contribution in [0.5, 0.6) is 5.75 Å². The van der Waals surface area contributed by atoms with Gasteiger partial charge in [-0.05, 0) is 42.5 Å². The van der Waals surface area contributed by atoms with Gasteiger partial charge < -0.3 is 20.7 Å². The van der Waals surface area contributed by atoms with Gasteiger partial charge in [-0.15, -0.1) is 0 Å². The van der Waals surface area contributed by atoms with Gasteiger partial charge in [0.15, 0.2) is 0 Å². The normalized spacial score (nSPS) is 14.5. The number of methoxy groups -OCH3 is 1. The maximum atomic E-state index is 12.3. The molecule has 1 aliphatic heterocycles. The molecule has 3 N–H and O–H groups in total. The Morgan fingerprint density at radius 3 is 2.41 bits per heavy atom.